The van der Waals surface area contributed by atoms with Crippen LogP contribution in [0.15, 0.2) is 18.2 Å². The number of nitrogens with zero attached hydrogens (tertiary/aromatic N) is 1. The molecule has 4 heteroatoms. The van der Waals surface area contributed by atoms with Gasteiger partial charge in [0.1, 0.15) is 11.9 Å². The summed E-state index contributed by atoms with van der Waals surface area (Å²) in [7, 11) is 0. The highest BCUT2D eigenvalue weighted by Gasteiger charge is 2.19. The standard InChI is InChI=1S/C10H9FN2.ClH/c11-9-2-1-7(5-8(9)6-12)10-3-4-13-10;/h1-2,5,10,13H,3-4H2;1H/t10-;/m0./s1. The molecule has 1 fully saturated rings. The van der Waals surface area contributed by atoms with Gasteiger partial charge in [-0.3, -0.25) is 0 Å². The molecule has 0 bridgehead atoms. The fourth-order valence-electron chi connectivity index (χ4n) is 1.42. The lowest BCUT2D eigenvalue weighted by molar-refractivity contribution is 0.383. The van der Waals surface area contributed by atoms with Crippen molar-refractivity contribution in [2.75, 3.05) is 6.54 Å². The Bertz CT molecular complexity index is 369. The highest BCUT2D eigenvalue weighted by molar-refractivity contribution is 5.85. The molecule has 0 spiro atoms. The number of hydrogen-bond donors (Lipinski definition) is 1. The number of nitrogens with one attached hydrogen (secondary N) is 1. The van der Waals surface area contributed by atoms with Crippen LogP contribution < -0.4 is 5.32 Å². The van der Waals surface area contributed by atoms with Crippen molar-refractivity contribution in [1.29, 1.82) is 5.26 Å². The van der Waals surface area contributed by atoms with Gasteiger partial charge in [0.25, 0.3) is 0 Å². The van der Waals surface area contributed by atoms with Gasteiger partial charge in [0.15, 0.2) is 0 Å². The van der Waals surface area contributed by atoms with Gasteiger partial charge in [0.2, 0.25) is 0 Å². The van der Waals surface area contributed by atoms with Crippen molar-refractivity contribution in [2.45, 2.75) is 12.5 Å². The molecule has 2 rings (SSSR count). The second-order valence-corrected chi connectivity index (χ2v) is 3.15. The summed E-state index contributed by atoms with van der Waals surface area (Å²) in [4.78, 5) is 0. The van der Waals surface area contributed by atoms with E-state index in [9.17, 15) is 4.39 Å². The summed E-state index contributed by atoms with van der Waals surface area (Å²) in [6, 6.07) is 6.85. The zero-order valence-electron chi connectivity index (χ0n) is 7.46. The summed E-state index contributed by atoms with van der Waals surface area (Å²) >= 11 is 0. The highest BCUT2D eigenvalue weighted by Crippen LogP contribution is 2.24. The summed E-state index contributed by atoms with van der Waals surface area (Å²) < 4.78 is 12.9. The van der Waals surface area contributed by atoms with Crippen LogP contribution in [0.5, 0.6) is 0 Å². The first-order valence-electron chi connectivity index (χ1n) is 4.24. The van der Waals surface area contributed by atoms with Gasteiger partial charge in [-0.25, -0.2) is 4.39 Å². The highest BCUT2D eigenvalue weighted by atomic mass is 35.5. The van der Waals surface area contributed by atoms with Gasteiger partial charge in [-0.15, -0.1) is 12.4 Å². The van der Waals surface area contributed by atoms with E-state index >= 15 is 0 Å². The van der Waals surface area contributed by atoms with E-state index in [0.717, 1.165) is 18.5 Å². The Labute approximate surface area is 88.1 Å². The molecular weight excluding hydrogens is 203 g/mol. The summed E-state index contributed by atoms with van der Waals surface area (Å²) in [6.45, 7) is 1.00. The number of hydrogen-bond acceptors (Lipinski definition) is 2. The smallest absolute Gasteiger partial charge is 0.140 e. The van der Waals surface area contributed by atoms with Gasteiger partial charge in [0.05, 0.1) is 5.56 Å². The molecule has 0 aliphatic carbocycles. The maximum Gasteiger partial charge on any atom is 0.140 e. The molecule has 1 aliphatic rings. The molecule has 0 aromatic heterocycles. The minimum absolute atomic E-state index is 0. The molecule has 2 nitrogen and oxygen atoms in total. The molecule has 1 aromatic rings. The van der Waals surface area contributed by atoms with Crippen molar-refractivity contribution in [1.82, 2.24) is 5.32 Å². The number of rotatable bonds is 1. The van der Waals surface area contributed by atoms with E-state index < -0.39 is 5.82 Å². The van der Waals surface area contributed by atoms with Crippen molar-refractivity contribution in [2.24, 2.45) is 0 Å². The number of nitriles is 1. The first kappa shape index (κ1) is 11.0. The Morgan fingerprint density at radius 3 is 2.71 bits per heavy atom. The largest absolute Gasteiger partial charge is 0.310 e. The van der Waals surface area contributed by atoms with Crippen LogP contribution in [-0.4, -0.2) is 6.54 Å². The van der Waals surface area contributed by atoms with Gasteiger partial charge in [-0.05, 0) is 30.7 Å². The van der Waals surface area contributed by atoms with E-state index in [1.807, 2.05) is 6.07 Å². The molecule has 0 radical (unpaired) electrons. The Balaban J connectivity index is 0.000000980. The Morgan fingerprint density at radius 1 is 1.50 bits per heavy atom. The lowest BCUT2D eigenvalue weighted by Gasteiger charge is -2.28. The predicted molar refractivity (Wildman–Crippen MR) is 53.7 cm³/mol. The van der Waals surface area contributed by atoms with Crippen LogP contribution in [0.3, 0.4) is 0 Å². The van der Waals surface area contributed by atoms with Gasteiger partial charge < -0.3 is 5.32 Å². The zero-order valence-corrected chi connectivity index (χ0v) is 8.27. The van der Waals surface area contributed by atoms with Crippen LogP contribution in [0.25, 0.3) is 0 Å². The molecule has 14 heavy (non-hydrogen) atoms. The fourth-order valence-corrected chi connectivity index (χ4v) is 1.42. The average molecular weight is 213 g/mol. The molecule has 1 N–H and O–H groups in total. The van der Waals surface area contributed by atoms with Crippen molar-refractivity contribution < 1.29 is 4.39 Å². The van der Waals surface area contributed by atoms with Crippen LogP contribution in [0.1, 0.15) is 23.6 Å². The lowest BCUT2D eigenvalue weighted by Crippen LogP contribution is -2.34. The SMILES string of the molecule is Cl.N#Cc1cc([C@@H]2CCN2)ccc1F. The van der Waals surface area contributed by atoms with Crippen LogP contribution in [0.2, 0.25) is 0 Å². The lowest BCUT2D eigenvalue weighted by atomic mass is 9.96. The van der Waals surface area contributed by atoms with Crippen LogP contribution in [0, 0.1) is 17.1 Å². The minimum atomic E-state index is -0.439. The monoisotopic (exact) mass is 212 g/mol. The third-order valence-electron chi connectivity index (χ3n) is 2.34. The molecular formula is C10H10ClFN2. The summed E-state index contributed by atoms with van der Waals surface area (Å²) in [6.07, 6.45) is 1.07. The molecule has 0 amide bonds. The van der Waals surface area contributed by atoms with Gasteiger partial charge in [0, 0.05) is 6.04 Å². The second-order valence-electron chi connectivity index (χ2n) is 3.15. The number of halogens is 2. The molecule has 74 valence electrons. The van der Waals surface area contributed by atoms with Crippen LogP contribution >= 0.6 is 12.4 Å². The van der Waals surface area contributed by atoms with Crippen molar-refractivity contribution in [3.8, 4) is 6.07 Å². The number of benzene rings is 1. The van der Waals surface area contributed by atoms with Gasteiger partial charge >= 0.3 is 0 Å². The van der Waals surface area contributed by atoms with Crippen LogP contribution in [0.4, 0.5) is 4.39 Å². The van der Waals surface area contributed by atoms with Crippen LogP contribution in [-0.2, 0) is 0 Å². The topological polar surface area (TPSA) is 35.8 Å². The molecule has 0 saturated carbocycles. The molecule has 1 heterocycles. The summed E-state index contributed by atoms with van der Waals surface area (Å²) in [5, 5.41) is 11.8. The quantitative estimate of drug-likeness (QED) is 0.775. The normalized spacial score (nSPS) is 19.0. The van der Waals surface area contributed by atoms with E-state index in [2.05, 4.69) is 5.32 Å². The minimum Gasteiger partial charge on any atom is -0.310 e. The van der Waals surface area contributed by atoms with E-state index in [1.165, 1.54) is 6.07 Å². The zero-order chi connectivity index (χ0) is 9.26. The third-order valence-corrected chi connectivity index (χ3v) is 2.34. The molecule has 1 aliphatic heterocycles. The summed E-state index contributed by atoms with van der Waals surface area (Å²) in [5.41, 5.74) is 1.13. The molecule has 0 unspecified atom stereocenters. The second kappa shape index (κ2) is 4.41. The van der Waals surface area contributed by atoms with Gasteiger partial charge in [-0.1, -0.05) is 6.07 Å². The maximum absolute atomic E-state index is 12.9. The first-order chi connectivity index (χ1) is 6.31. The first-order valence-corrected chi connectivity index (χ1v) is 4.24. The van der Waals surface area contributed by atoms with E-state index in [1.54, 1.807) is 12.1 Å². The van der Waals surface area contributed by atoms with Crippen molar-refractivity contribution in [3.63, 3.8) is 0 Å². The van der Waals surface area contributed by atoms with Crippen molar-refractivity contribution in [3.05, 3.63) is 35.1 Å². The average Bonchev–Trinajstić information content (AvgIpc) is 2.05. The Hall–Kier alpha value is -1.11. The maximum atomic E-state index is 12.9. The van der Waals surface area contributed by atoms with E-state index in [0.29, 0.717) is 6.04 Å². The molecule has 1 atom stereocenters. The van der Waals surface area contributed by atoms with Crippen molar-refractivity contribution >= 4 is 12.4 Å². The van der Waals surface area contributed by atoms with E-state index in [4.69, 9.17) is 5.26 Å². The van der Waals surface area contributed by atoms with Gasteiger partial charge in [-0.2, -0.15) is 5.26 Å². The molecule has 1 aromatic carbocycles. The predicted octanol–water partition coefficient (Wildman–Crippen LogP) is 2.15. The molecule has 1 saturated heterocycles. The van der Waals surface area contributed by atoms with E-state index in [-0.39, 0.29) is 18.0 Å². The Morgan fingerprint density at radius 2 is 2.21 bits per heavy atom. The Kier molecular flexibility index (Phi) is 3.45. The summed E-state index contributed by atoms with van der Waals surface area (Å²) in [5.74, 6) is -0.439. The fraction of sp³-hybridized carbons (Fsp3) is 0.300. The third kappa shape index (κ3) is 1.87.